The van der Waals surface area contributed by atoms with Gasteiger partial charge in [-0.05, 0) is 12.5 Å². The van der Waals surface area contributed by atoms with Gasteiger partial charge in [0, 0.05) is 12.5 Å². The molecule has 0 aliphatic rings. The van der Waals surface area contributed by atoms with Crippen LogP contribution in [0.4, 0.5) is 11.4 Å². The lowest BCUT2D eigenvalue weighted by Crippen LogP contribution is -2.21. The van der Waals surface area contributed by atoms with Gasteiger partial charge in [0.2, 0.25) is 0 Å². The summed E-state index contributed by atoms with van der Waals surface area (Å²) in [5.41, 5.74) is 0.114. The number of nitro groups is 1. The first-order valence-corrected chi connectivity index (χ1v) is 6.75. The molecular formula is C14H18N2O6. The number of carbonyl (C=O) groups is 2. The number of amides is 1. The molecule has 1 aromatic rings. The van der Waals surface area contributed by atoms with Crippen molar-refractivity contribution in [2.24, 2.45) is 0 Å². The van der Waals surface area contributed by atoms with Gasteiger partial charge in [-0.25, -0.2) is 0 Å². The Hall–Kier alpha value is -2.64. The number of methoxy groups -OCH3 is 1. The summed E-state index contributed by atoms with van der Waals surface area (Å²) in [6.45, 7) is 1.53. The Morgan fingerprint density at radius 1 is 1.36 bits per heavy atom. The Morgan fingerprint density at radius 3 is 2.68 bits per heavy atom. The van der Waals surface area contributed by atoms with Gasteiger partial charge in [0.25, 0.3) is 11.6 Å². The summed E-state index contributed by atoms with van der Waals surface area (Å²) in [7, 11) is 1.33. The zero-order chi connectivity index (χ0) is 16.5. The lowest BCUT2D eigenvalue weighted by atomic mass is 10.2. The van der Waals surface area contributed by atoms with E-state index in [1.54, 1.807) is 0 Å². The summed E-state index contributed by atoms with van der Waals surface area (Å²) in [6.07, 6.45) is 1.84. The van der Waals surface area contributed by atoms with Gasteiger partial charge in [-0.2, -0.15) is 0 Å². The lowest BCUT2D eigenvalue weighted by Gasteiger charge is -2.10. The van der Waals surface area contributed by atoms with Crippen molar-refractivity contribution in [1.82, 2.24) is 0 Å². The van der Waals surface area contributed by atoms with Crippen molar-refractivity contribution < 1.29 is 24.0 Å². The number of unbranched alkanes of at least 4 members (excludes halogenated alkanes) is 1. The van der Waals surface area contributed by atoms with Crippen LogP contribution >= 0.6 is 0 Å². The second-order valence-corrected chi connectivity index (χ2v) is 4.45. The highest BCUT2D eigenvalue weighted by Gasteiger charge is 2.14. The molecule has 1 amide bonds. The van der Waals surface area contributed by atoms with Gasteiger partial charge >= 0.3 is 5.97 Å². The first-order valence-electron chi connectivity index (χ1n) is 6.75. The number of anilines is 1. The quantitative estimate of drug-likeness (QED) is 0.448. The summed E-state index contributed by atoms with van der Waals surface area (Å²) in [4.78, 5) is 33.1. The predicted octanol–water partition coefficient (Wildman–Crippen LogP) is 2.28. The third-order valence-corrected chi connectivity index (χ3v) is 2.77. The molecule has 120 valence electrons. The van der Waals surface area contributed by atoms with Gasteiger partial charge in [0.05, 0.1) is 23.8 Å². The summed E-state index contributed by atoms with van der Waals surface area (Å²) < 4.78 is 9.80. The van der Waals surface area contributed by atoms with Crippen LogP contribution in [-0.4, -0.2) is 30.5 Å². The Bertz CT molecular complexity index is 558. The fourth-order valence-electron chi connectivity index (χ4n) is 1.62. The second-order valence-electron chi connectivity index (χ2n) is 4.45. The van der Waals surface area contributed by atoms with E-state index in [9.17, 15) is 19.7 Å². The summed E-state index contributed by atoms with van der Waals surface area (Å²) >= 11 is 0. The summed E-state index contributed by atoms with van der Waals surface area (Å²) in [6, 6.07) is 3.79. The molecule has 1 rings (SSSR count). The van der Waals surface area contributed by atoms with Crippen molar-refractivity contribution in [2.75, 3.05) is 19.0 Å². The molecule has 0 fully saturated rings. The highest BCUT2D eigenvalue weighted by atomic mass is 16.6. The maximum Gasteiger partial charge on any atom is 0.306 e. The number of nitro benzene ring substituents is 1. The average molecular weight is 310 g/mol. The van der Waals surface area contributed by atoms with E-state index in [1.807, 2.05) is 6.92 Å². The molecule has 0 atom stereocenters. The molecule has 0 aliphatic carbocycles. The van der Waals surface area contributed by atoms with Crippen molar-refractivity contribution in [3.8, 4) is 5.75 Å². The van der Waals surface area contributed by atoms with Crippen molar-refractivity contribution in [3.05, 3.63) is 28.3 Å². The second kappa shape index (κ2) is 8.60. The minimum absolute atomic E-state index is 0.152. The van der Waals surface area contributed by atoms with E-state index < -0.39 is 23.4 Å². The van der Waals surface area contributed by atoms with Crippen LogP contribution in [0, 0.1) is 10.1 Å². The summed E-state index contributed by atoms with van der Waals surface area (Å²) in [5, 5.41) is 13.1. The molecule has 8 nitrogen and oxygen atoms in total. The highest BCUT2D eigenvalue weighted by Crippen LogP contribution is 2.28. The SMILES string of the molecule is CCCCC(=O)OCC(=O)Nc1ccc([N+](=O)[O-])cc1OC. The monoisotopic (exact) mass is 310 g/mol. The van der Waals surface area contributed by atoms with E-state index in [1.165, 1.54) is 25.3 Å². The van der Waals surface area contributed by atoms with Crippen LogP contribution in [-0.2, 0) is 14.3 Å². The van der Waals surface area contributed by atoms with Crippen LogP contribution in [0.1, 0.15) is 26.2 Å². The van der Waals surface area contributed by atoms with Crippen LogP contribution in [0.15, 0.2) is 18.2 Å². The van der Waals surface area contributed by atoms with Crippen LogP contribution in [0.5, 0.6) is 5.75 Å². The predicted molar refractivity (Wildman–Crippen MR) is 78.8 cm³/mol. The van der Waals surface area contributed by atoms with E-state index in [4.69, 9.17) is 9.47 Å². The van der Waals surface area contributed by atoms with Crippen LogP contribution in [0.2, 0.25) is 0 Å². The standard InChI is InChI=1S/C14H18N2O6/c1-3-4-5-14(18)22-9-13(17)15-11-7-6-10(16(19)20)8-12(11)21-2/h6-8H,3-5,9H2,1-2H3,(H,15,17). The lowest BCUT2D eigenvalue weighted by molar-refractivity contribution is -0.384. The van der Waals surface area contributed by atoms with E-state index in [-0.39, 0.29) is 23.5 Å². The van der Waals surface area contributed by atoms with Gasteiger partial charge in [-0.3, -0.25) is 19.7 Å². The molecule has 0 radical (unpaired) electrons. The number of benzene rings is 1. The molecular weight excluding hydrogens is 292 g/mol. The maximum atomic E-state index is 11.7. The number of nitrogens with one attached hydrogen (secondary N) is 1. The molecule has 8 heteroatoms. The third kappa shape index (κ3) is 5.39. The van der Waals surface area contributed by atoms with Crippen molar-refractivity contribution in [1.29, 1.82) is 0 Å². The Kier molecular flexibility index (Phi) is 6.81. The first-order chi connectivity index (χ1) is 10.5. The fourth-order valence-corrected chi connectivity index (χ4v) is 1.62. The van der Waals surface area contributed by atoms with Gasteiger partial charge in [0.15, 0.2) is 6.61 Å². The number of ether oxygens (including phenoxy) is 2. The third-order valence-electron chi connectivity index (χ3n) is 2.77. The van der Waals surface area contributed by atoms with Crippen molar-refractivity contribution in [3.63, 3.8) is 0 Å². The molecule has 22 heavy (non-hydrogen) atoms. The maximum absolute atomic E-state index is 11.7. The molecule has 0 unspecified atom stereocenters. The molecule has 0 heterocycles. The summed E-state index contributed by atoms with van der Waals surface area (Å²) in [5.74, 6) is -0.829. The fraction of sp³-hybridized carbons (Fsp3) is 0.429. The highest BCUT2D eigenvalue weighted by molar-refractivity contribution is 5.94. The molecule has 0 aliphatic heterocycles. The number of hydrogen-bond acceptors (Lipinski definition) is 6. The largest absolute Gasteiger partial charge is 0.494 e. The topological polar surface area (TPSA) is 108 Å². The van der Waals surface area contributed by atoms with Crippen LogP contribution < -0.4 is 10.1 Å². The Morgan fingerprint density at radius 2 is 2.09 bits per heavy atom. The number of nitrogens with zero attached hydrogens (tertiary/aromatic N) is 1. The number of esters is 1. The Labute approximate surface area is 127 Å². The van der Waals surface area contributed by atoms with Gasteiger partial charge in [-0.15, -0.1) is 0 Å². The number of rotatable bonds is 8. The molecule has 0 spiro atoms. The molecule has 0 saturated carbocycles. The average Bonchev–Trinajstić information content (AvgIpc) is 2.51. The minimum Gasteiger partial charge on any atom is -0.494 e. The molecule has 0 saturated heterocycles. The number of hydrogen-bond donors (Lipinski definition) is 1. The smallest absolute Gasteiger partial charge is 0.306 e. The molecule has 0 aromatic heterocycles. The number of carbonyl (C=O) groups excluding carboxylic acids is 2. The zero-order valence-electron chi connectivity index (χ0n) is 12.5. The van der Waals surface area contributed by atoms with E-state index >= 15 is 0 Å². The minimum atomic E-state index is -0.566. The van der Waals surface area contributed by atoms with Crippen molar-refractivity contribution >= 4 is 23.3 Å². The molecule has 1 N–H and O–H groups in total. The number of non-ortho nitro benzene ring substituents is 1. The van der Waals surface area contributed by atoms with Gasteiger partial charge in [-0.1, -0.05) is 13.3 Å². The molecule has 1 aromatic carbocycles. The van der Waals surface area contributed by atoms with E-state index in [2.05, 4.69) is 5.32 Å². The van der Waals surface area contributed by atoms with Crippen LogP contribution in [0.3, 0.4) is 0 Å². The zero-order valence-corrected chi connectivity index (χ0v) is 12.5. The molecule has 0 bridgehead atoms. The van der Waals surface area contributed by atoms with Gasteiger partial charge < -0.3 is 14.8 Å². The van der Waals surface area contributed by atoms with Gasteiger partial charge in [0.1, 0.15) is 5.75 Å². The normalized spacial score (nSPS) is 9.91. The van der Waals surface area contributed by atoms with Crippen molar-refractivity contribution in [2.45, 2.75) is 26.2 Å². The van der Waals surface area contributed by atoms with E-state index in [0.29, 0.717) is 6.42 Å². The Balaban J connectivity index is 2.60. The van der Waals surface area contributed by atoms with Crippen LogP contribution in [0.25, 0.3) is 0 Å². The van der Waals surface area contributed by atoms with E-state index in [0.717, 1.165) is 6.42 Å². The first kappa shape index (κ1) is 17.4.